The van der Waals surface area contributed by atoms with Gasteiger partial charge in [0.15, 0.2) is 0 Å². The van der Waals surface area contributed by atoms with Gasteiger partial charge in [0, 0.05) is 0 Å². The number of hydrogen-bond donors (Lipinski definition) is 2. The third-order valence-electron chi connectivity index (χ3n) is 8.82. The zero-order valence-electron chi connectivity index (χ0n) is 24.5. The second kappa shape index (κ2) is 14.2. The van der Waals surface area contributed by atoms with Gasteiger partial charge in [0.05, 0.1) is 6.61 Å². The standard InChI is InChI=1S/C31H57NO4/c1-7-8-9-10-11-12-13-14-15-16-17-18-21-25-22-19-20-23-26(25)27(33)31(29(2,3)4)24-36-30(5,6)32(31)28(34)35/h27,33H,7-24H2,1-6H3,(H,34,35)/t27-,31?/m1/s1. The molecule has 2 atom stereocenters. The van der Waals surface area contributed by atoms with Gasteiger partial charge >= 0.3 is 6.09 Å². The van der Waals surface area contributed by atoms with Gasteiger partial charge in [-0.15, -0.1) is 0 Å². The summed E-state index contributed by atoms with van der Waals surface area (Å²) in [6, 6.07) is 0. The highest BCUT2D eigenvalue weighted by molar-refractivity contribution is 5.68. The Morgan fingerprint density at radius 1 is 0.917 bits per heavy atom. The molecule has 0 radical (unpaired) electrons. The van der Waals surface area contributed by atoms with Gasteiger partial charge in [-0.25, -0.2) is 4.79 Å². The molecular weight excluding hydrogens is 450 g/mol. The summed E-state index contributed by atoms with van der Waals surface area (Å²) in [5, 5.41) is 22.1. The molecule has 0 aromatic carbocycles. The Bertz CT molecular complexity index is 708. The molecule has 0 spiro atoms. The van der Waals surface area contributed by atoms with Gasteiger partial charge in [-0.1, -0.05) is 104 Å². The molecule has 0 aromatic heterocycles. The summed E-state index contributed by atoms with van der Waals surface area (Å²) in [5.74, 6) is 0. The van der Waals surface area contributed by atoms with Crippen molar-refractivity contribution in [2.45, 2.75) is 168 Å². The van der Waals surface area contributed by atoms with E-state index in [1.165, 1.54) is 81.1 Å². The average Bonchev–Trinajstić information content (AvgIpc) is 3.12. The molecule has 2 N–H and O–H groups in total. The van der Waals surface area contributed by atoms with Crippen LogP contribution in [-0.4, -0.2) is 45.2 Å². The fourth-order valence-electron chi connectivity index (χ4n) is 6.53. The number of ether oxygens (including phenoxy) is 1. The third-order valence-corrected chi connectivity index (χ3v) is 8.82. The first-order valence-corrected chi connectivity index (χ1v) is 15.0. The topological polar surface area (TPSA) is 70.0 Å². The Morgan fingerprint density at radius 2 is 1.42 bits per heavy atom. The molecule has 1 heterocycles. The van der Waals surface area contributed by atoms with E-state index in [9.17, 15) is 15.0 Å². The van der Waals surface area contributed by atoms with Crippen molar-refractivity contribution in [2.75, 3.05) is 6.61 Å². The molecule has 1 aliphatic carbocycles. The molecule has 2 rings (SSSR count). The average molecular weight is 508 g/mol. The lowest BCUT2D eigenvalue weighted by Gasteiger charge is -2.51. The van der Waals surface area contributed by atoms with Gasteiger partial charge < -0.3 is 14.9 Å². The number of unbranched alkanes of at least 4 members (excludes halogenated alkanes) is 11. The molecule has 2 aliphatic rings. The van der Waals surface area contributed by atoms with Crippen molar-refractivity contribution in [2.24, 2.45) is 5.41 Å². The number of amides is 1. The number of nitrogens with zero attached hydrogens (tertiary/aromatic N) is 1. The first-order valence-electron chi connectivity index (χ1n) is 15.0. The van der Waals surface area contributed by atoms with Crippen molar-refractivity contribution >= 4 is 6.09 Å². The molecule has 210 valence electrons. The zero-order chi connectivity index (χ0) is 26.8. The van der Waals surface area contributed by atoms with Crippen LogP contribution in [0, 0.1) is 5.41 Å². The fraction of sp³-hybridized carbons (Fsp3) is 0.903. The van der Waals surface area contributed by atoms with E-state index < -0.39 is 28.9 Å². The Labute approximate surface area is 222 Å². The monoisotopic (exact) mass is 507 g/mol. The second-order valence-corrected chi connectivity index (χ2v) is 12.9. The van der Waals surface area contributed by atoms with E-state index in [-0.39, 0.29) is 6.61 Å². The first kappa shape index (κ1) is 31.1. The lowest BCUT2D eigenvalue weighted by atomic mass is 9.66. The lowest BCUT2D eigenvalue weighted by molar-refractivity contribution is -0.0833. The molecule has 1 saturated heterocycles. The van der Waals surface area contributed by atoms with E-state index in [4.69, 9.17) is 4.74 Å². The minimum Gasteiger partial charge on any atom is -0.465 e. The number of carboxylic acid groups (broad SMARTS) is 1. The second-order valence-electron chi connectivity index (χ2n) is 12.9. The van der Waals surface area contributed by atoms with E-state index in [1.807, 2.05) is 20.8 Å². The minimum absolute atomic E-state index is 0.215. The fourth-order valence-corrected chi connectivity index (χ4v) is 6.53. The lowest BCUT2D eigenvalue weighted by Crippen LogP contribution is -2.67. The van der Waals surface area contributed by atoms with Crippen molar-refractivity contribution in [1.82, 2.24) is 4.90 Å². The van der Waals surface area contributed by atoms with E-state index in [2.05, 4.69) is 6.92 Å². The summed E-state index contributed by atoms with van der Waals surface area (Å²) in [6.45, 7) is 12.2. The van der Waals surface area contributed by atoms with Crippen LogP contribution in [0.1, 0.15) is 151 Å². The van der Waals surface area contributed by atoms with E-state index in [1.54, 1.807) is 13.8 Å². The number of hydrogen-bond acceptors (Lipinski definition) is 3. The van der Waals surface area contributed by atoms with Gasteiger partial charge in [0.2, 0.25) is 0 Å². The van der Waals surface area contributed by atoms with Crippen LogP contribution >= 0.6 is 0 Å². The summed E-state index contributed by atoms with van der Waals surface area (Å²) in [6.07, 6.45) is 19.3. The Hall–Kier alpha value is -1.07. The van der Waals surface area contributed by atoms with Gasteiger partial charge in [0.1, 0.15) is 17.4 Å². The normalized spacial score (nSPS) is 23.4. The van der Waals surface area contributed by atoms with E-state index in [0.717, 1.165) is 44.1 Å². The minimum atomic E-state index is -1.02. The zero-order valence-corrected chi connectivity index (χ0v) is 24.5. The number of rotatable bonds is 15. The summed E-state index contributed by atoms with van der Waals surface area (Å²) in [7, 11) is 0. The Balaban J connectivity index is 1.95. The summed E-state index contributed by atoms with van der Waals surface area (Å²) in [5.41, 5.74) is 0.0117. The maximum atomic E-state index is 12.5. The predicted octanol–water partition coefficient (Wildman–Crippen LogP) is 8.84. The molecule has 1 fully saturated rings. The van der Waals surface area contributed by atoms with Gasteiger partial charge in [-0.3, -0.25) is 4.90 Å². The molecule has 5 heteroatoms. The third kappa shape index (κ3) is 7.72. The van der Waals surface area contributed by atoms with E-state index >= 15 is 0 Å². The van der Waals surface area contributed by atoms with Gasteiger partial charge in [-0.05, 0) is 63.4 Å². The molecule has 0 saturated carbocycles. The molecule has 1 aliphatic heterocycles. The Kier molecular flexibility index (Phi) is 12.3. The van der Waals surface area contributed by atoms with Crippen molar-refractivity contribution in [3.63, 3.8) is 0 Å². The van der Waals surface area contributed by atoms with Crippen LogP contribution in [0.15, 0.2) is 11.1 Å². The molecule has 5 nitrogen and oxygen atoms in total. The molecule has 0 aromatic rings. The van der Waals surface area contributed by atoms with Gasteiger partial charge in [0.25, 0.3) is 0 Å². The number of aliphatic hydroxyl groups is 1. The highest BCUT2D eigenvalue weighted by Crippen LogP contribution is 2.51. The van der Waals surface area contributed by atoms with Crippen molar-refractivity contribution < 1.29 is 19.7 Å². The number of carbonyl (C=O) groups is 1. The van der Waals surface area contributed by atoms with Crippen molar-refractivity contribution in [1.29, 1.82) is 0 Å². The Morgan fingerprint density at radius 3 is 1.92 bits per heavy atom. The molecular formula is C31H57NO4. The SMILES string of the molecule is CCCCCCCCCCCCCCC1=C([C@@H](O)C2(C(C)(C)C)COC(C)(C)N2C(=O)O)CCCC1. The highest BCUT2D eigenvalue weighted by atomic mass is 16.5. The van der Waals surface area contributed by atoms with Crippen LogP contribution in [0.3, 0.4) is 0 Å². The number of allylic oxidation sites excluding steroid dienone is 1. The van der Waals surface area contributed by atoms with Crippen LogP contribution in [0.25, 0.3) is 0 Å². The van der Waals surface area contributed by atoms with Crippen molar-refractivity contribution in [3.05, 3.63) is 11.1 Å². The van der Waals surface area contributed by atoms with Crippen LogP contribution in [-0.2, 0) is 4.74 Å². The quantitative estimate of drug-likeness (QED) is 0.171. The number of aliphatic hydroxyl groups excluding tert-OH is 1. The summed E-state index contributed by atoms with van der Waals surface area (Å²) >= 11 is 0. The maximum Gasteiger partial charge on any atom is 0.410 e. The van der Waals surface area contributed by atoms with Crippen LogP contribution in [0.5, 0.6) is 0 Å². The van der Waals surface area contributed by atoms with E-state index in [0.29, 0.717) is 0 Å². The molecule has 36 heavy (non-hydrogen) atoms. The largest absolute Gasteiger partial charge is 0.465 e. The van der Waals surface area contributed by atoms with Crippen molar-refractivity contribution in [3.8, 4) is 0 Å². The first-order chi connectivity index (χ1) is 17.0. The van der Waals surface area contributed by atoms with Crippen LogP contribution in [0.4, 0.5) is 4.79 Å². The smallest absolute Gasteiger partial charge is 0.410 e. The molecule has 1 unspecified atom stereocenters. The summed E-state index contributed by atoms with van der Waals surface area (Å²) in [4.78, 5) is 13.9. The molecule has 0 bridgehead atoms. The predicted molar refractivity (Wildman–Crippen MR) is 149 cm³/mol. The maximum absolute atomic E-state index is 12.5. The van der Waals surface area contributed by atoms with Crippen LogP contribution < -0.4 is 0 Å². The summed E-state index contributed by atoms with van der Waals surface area (Å²) < 4.78 is 6.04. The highest BCUT2D eigenvalue weighted by Gasteiger charge is 2.64. The van der Waals surface area contributed by atoms with Crippen LogP contribution in [0.2, 0.25) is 0 Å². The molecule has 1 amide bonds. The van der Waals surface area contributed by atoms with Gasteiger partial charge in [-0.2, -0.15) is 0 Å².